The average Bonchev–Trinajstić information content (AvgIpc) is 2.39. The molecule has 0 atom stereocenters. The standard InChI is InChI=1S/C15H24N2O2/c1-4-19-14-8-6-5-7-13(14)10-16-11-15(18)17-9-12(2)3/h5-8,12,16H,4,9-11H2,1-3H3,(H,17,18). The van der Waals surface area contributed by atoms with Crippen molar-refractivity contribution in [2.24, 2.45) is 5.92 Å². The molecular formula is C15H24N2O2. The number of carbonyl (C=O) groups excluding carboxylic acids is 1. The molecule has 1 aromatic rings. The molecule has 0 bridgehead atoms. The summed E-state index contributed by atoms with van der Waals surface area (Å²) in [5.41, 5.74) is 1.07. The second-order valence-electron chi connectivity index (χ2n) is 4.84. The molecule has 19 heavy (non-hydrogen) atoms. The maximum absolute atomic E-state index is 11.5. The zero-order valence-electron chi connectivity index (χ0n) is 12.0. The fraction of sp³-hybridized carbons (Fsp3) is 0.533. The molecule has 4 nitrogen and oxygen atoms in total. The molecule has 106 valence electrons. The average molecular weight is 264 g/mol. The fourth-order valence-corrected chi connectivity index (χ4v) is 1.64. The van der Waals surface area contributed by atoms with E-state index in [1.54, 1.807) is 0 Å². The number of hydrogen-bond acceptors (Lipinski definition) is 3. The van der Waals surface area contributed by atoms with Gasteiger partial charge in [0.15, 0.2) is 0 Å². The van der Waals surface area contributed by atoms with Gasteiger partial charge in [-0.1, -0.05) is 32.0 Å². The number of benzene rings is 1. The first-order valence-corrected chi connectivity index (χ1v) is 6.81. The normalized spacial score (nSPS) is 10.5. The molecule has 0 heterocycles. The predicted octanol–water partition coefficient (Wildman–Crippen LogP) is 1.95. The summed E-state index contributed by atoms with van der Waals surface area (Å²) in [5, 5.41) is 6.01. The van der Waals surface area contributed by atoms with Crippen molar-refractivity contribution in [1.29, 1.82) is 0 Å². The van der Waals surface area contributed by atoms with Gasteiger partial charge in [0.2, 0.25) is 5.91 Å². The lowest BCUT2D eigenvalue weighted by molar-refractivity contribution is -0.120. The molecule has 0 aromatic heterocycles. The van der Waals surface area contributed by atoms with Gasteiger partial charge >= 0.3 is 0 Å². The zero-order chi connectivity index (χ0) is 14.1. The van der Waals surface area contributed by atoms with Gasteiger partial charge in [-0.05, 0) is 18.9 Å². The molecule has 2 N–H and O–H groups in total. The maximum Gasteiger partial charge on any atom is 0.233 e. The Balaban J connectivity index is 2.34. The monoisotopic (exact) mass is 264 g/mol. The predicted molar refractivity (Wildman–Crippen MR) is 77.2 cm³/mol. The van der Waals surface area contributed by atoms with E-state index in [2.05, 4.69) is 24.5 Å². The van der Waals surface area contributed by atoms with Gasteiger partial charge in [0.25, 0.3) is 0 Å². The SMILES string of the molecule is CCOc1ccccc1CNCC(=O)NCC(C)C. The molecule has 0 radical (unpaired) electrons. The largest absolute Gasteiger partial charge is 0.494 e. The van der Waals surface area contributed by atoms with Crippen LogP contribution in [0.25, 0.3) is 0 Å². The van der Waals surface area contributed by atoms with E-state index in [0.717, 1.165) is 17.9 Å². The van der Waals surface area contributed by atoms with Gasteiger partial charge in [-0.25, -0.2) is 0 Å². The number of ether oxygens (including phenoxy) is 1. The van der Waals surface area contributed by atoms with E-state index < -0.39 is 0 Å². The van der Waals surface area contributed by atoms with Gasteiger partial charge in [-0.2, -0.15) is 0 Å². The van der Waals surface area contributed by atoms with Gasteiger partial charge in [-0.15, -0.1) is 0 Å². The van der Waals surface area contributed by atoms with E-state index in [-0.39, 0.29) is 5.91 Å². The van der Waals surface area contributed by atoms with Crippen molar-refractivity contribution in [3.63, 3.8) is 0 Å². The Morgan fingerprint density at radius 2 is 2.05 bits per heavy atom. The Morgan fingerprint density at radius 1 is 1.32 bits per heavy atom. The van der Waals surface area contributed by atoms with E-state index in [9.17, 15) is 4.79 Å². The van der Waals surface area contributed by atoms with E-state index in [1.165, 1.54) is 0 Å². The summed E-state index contributed by atoms with van der Waals surface area (Å²) in [6.45, 7) is 8.43. The molecule has 1 rings (SSSR count). The highest BCUT2D eigenvalue weighted by molar-refractivity contribution is 5.77. The Kier molecular flexibility index (Phi) is 6.97. The van der Waals surface area contributed by atoms with E-state index in [4.69, 9.17) is 4.74 Å². The molecular weight excluding hydrogens is 240 g/mol. The highest BCUT2D eigenvalue weighted by atomic mass is 16.5. The van der Waals surface area contributed by atoms with Crippen LogP contribution in [0.2, 0.25) is 0 Å². The first-order valence-electron chi connectivity index (χ1n) is 6.81. The summed E-state index contributed by atoms with van der Waals surface area (Å²) in [4.78, 5) is 11.5. The smallest absolute Gasteiger partial charge is 0.233 e. The van der Waals surface area contributed by atoms with Crippen LogP contribution in [0.15, 0.2) is 24.3 Å². The lowest BCUT2D eigenvalue weighted by Crippen LogP contribution is -2.35. The topological polar surface area (TPSA) is 50.4 Å². The molecule has 1 aromatic carbocycles. The lowest BCUT2D eigenvalue weighted by Gasteiger charge is -2.11. The number of amides is 1. The molecule has 0 aliphatic carbocycles. The maximum atomic E-state index is 11.5. The minimum atomic E-state index is 0.0302. The number of rotatable bonds is 8. The molecule has 0 aliphatic heterocycles. The van der Waals surface area contributed by atoms with Crippen molar-refractivity contribution >= 4 is 5.91 Å². The molecule has 0 saturated heterocycles. The Morgan fingerprint density at radius 3 is 2.74 bits per heavy atom. The van der Waals surface area contributed by atoms with Crippen molar-refractivity contribution in [2.75, 3.05) is 19.7 Å². The molecule has 0 spiro atoms. The molecule has 1 amide bonds. The molecule has 0 saturated carbocycles. The van der Waals surface area contributed by atoms with E-state index in [0.29, 0.717) is 25.6 Å². The van der Waals surface area contributed by atoms with Crippen molar-refractivity contribution in [3.05, 3.63) is 29.8 Å². The van der Waals surface area contributed by atoms with E-state index in [1.807, 2.05) is 31.2 Å². The molecule has 0 unspecified atom stereocenters. The van der Waals surface area contributed by atoms with Crippen molar-refractivity contribution in [2.45, 2.75) is 27.3 Å². The summed E-state index contributed by atoms with van der Waals surface area (Å²) in [6, 6.07) is 7.87. The fourth-order valence-electron chi connectivity index (χ4n) is 1.64. The van der Waals surface area contributed by atoms with Crippen LogP contribution in [0, 0.1) is 5.92 Å². The van der Waals surface area contributed by atoms with E-state index >= 15 is 0 Å². The summed E-state index contributed by atoms with van der Waals surface area (Å²) >= 11 is 0. The Bertz CT molecular complexity index is 391. The second kappa shape index (κ2) is 8.53. The molecule has 0 aliphatic rings. The number of para-hydroxylation sites is 1. The highest BCUT2D eigenvalue weighted by Gasteiger charge is 2.04. The minimum Gasteiger partial charge on any atom is -0.494 e. The third-order valence-corrected chi connectivity index (χ3v) is 2.58. The number of carbonyl (C=O) groups is 1. The van der Waals surface area contributed by atoms with Gasteiger partial charge in [-0.3, -0.25) is 4.79 Å². The van der Waals surface area contributed by atoms with Crippen LogP contribution in [-0.4, -0.2) is 25.6 Å². The third kappa shape index (κ3) is 6.25. The third-order valence-electron chi connectivity index (χ3n) is 2.58. The number of nitrogens with one attached hydrogen (secondary N) is 2. The van der Waals surface area contributed by atoms with Crippen molar-refractivity contribution in [1.82, 2.24) is 10.6 Å². The molecule has 0 fully saturated rings. The Hall–Kier alpha value is -1.55. The number of hydrogen-bond donors (Lipinski definition) is 2. The van der Waals surface area contributed by atoms with Crippen molar-refractivity contribution in [3.8, 4) is 5.75 Å². The van der Waals surface area contributed by atoms with Gasteiger partial charge < -0.3 is 15.4 Å². The van der Waals surface area contributed by atoms with Crippen LogP contribution in [-0.2, 0) is 11.3 Å². The highest BCUT2D eigenvalue weighted by Crippen LogP contribution is 2.17. The molecule has 4 heteroatoms. The Labute approximate surface area is 115 Å². The summed E-state index contributed by atoms with van der Waals surface area (Å²) in [5.74, 6) is 1.38. The van der Waals surface area contributed by atoms with Crippen LogP contribution < -0.4 is 15.4 Å². The van der Waals surface area contributed by atoms with Crippen LogP contribution >= 0.6 is 0 Å². The van der Waals surface area contributed by atoms with Crippen LogP contribution in [0.4, 0.5) is 0 Å². The van der Waals surface area contributed by atoms with Crippen LogP contribution in [0.1, 0.15) is 26.3 Å². The van der Waals surface area contributed by atoms with Crippen LogP contribution in [0.5, 0.6) is 5.75 Å². The first-order chi connectivity index (χ1) is 9.13. The zero-order valence-corrected chi connectivity index (χ0v) is 12.0. The van der Waals surface area contributed by atoms with Gasteiger partial charge in [0.1, 0.15) is 5.75 Å². The van der Waals surface area contributed by atoms with Crippen LogP contribution in [0.3, 0.4) is 0 Å². The van der Waals surface area contributed by atoms with Crippen molar-refractivity contribution < 1.29 is 9.53 Å². The summed E-state index contributed by atoms with van der Waals surface area (Å²) in [7, 11) is 0. The van der Waals surface area contributed by atoms with Gasteiger partial charge in [0.05, 0.1) is 13.2 Å². The minimum absolute atomic E-state index is 0.0302. The lowest BCUT2D eigenvalue weighted by atomic mass is 10.2. The second-order valence-corrected chi connectivity index (χ2v) is 4.84. The summed E-state index contributed by atoms with van der Waals surface area (Å²) < 4.78 is 5.53. The quantitative estimate of drug-likeness (QED) is 0.754. The summed E-state index contributed by atoms with van der Waals surface area (Å²) in [6.07, 6.45) is 0. The first kappa shape index (κ1) is 15.5. The van der Waals surface area contributed by atoms with Gasteiger partial charge in [0, 0.05) is 18.7 Å².